The van der Waals surface area contributed by atoms with Crippen LogP contribution in [-0.4, -0.2) is 54.4 Å². The highest BCUT2D eigenvalue weighted by Gasteiger charge is 2.13. The monoisotopic (exact) mass is 276 g/mol. The molecule has 0 aromatic rings. The van der Waals surface area contributed by atoms with Gasteiger partial charge in [0.2, 0.25) is 11.8 Å². The van der Waals surface area contributed by atoms with Crippen molar-refractivity contribution in [2.45, 2.75) is 19.8 Å². The number of thioether (sulfide) groups is 1. The fourth-order valence-corrected chi connectivity index (χ4v) is 1.94. The Hall–Kier alpha value is -1.24. The van der Waals surface area contributed by atoms with Crippen LogP contribution < -0.4 is 5.73 Å². The van der Waals surface area contributed by atoms with Crippen LogP contribution in [0.5, 0.6) is 0 Å². The highest BCUT2D eigenvalue weighted by molar-refractivity contribution is 7.99. The summed E-state index contributed by atoms with van der Waals surface area (Å²) in [5.41, 5.74) is 4.99. The summed E-state index contributed by atoms with van der Waals surface area (Å²) in [6, 6.07) is 0. The zero-order valence-corrected chi connectivity index (χ0v) is 11.6. The van der Waals surface area contributed by atoms with E-state index in [1.807, 2.05) is 6.92 Å². The molecule has 0 radical (unpaired) electrons. The van der Waals surface area contributed by atoms with E-state index in [0.29, 0.717) is 25.3 Å². The molecule has 0 rings (SSSR count). The van der Waals surface area contributed by atoms with Crippen LogP contribution in [0.25, 0.3) is 0 Å². The maximum absolute atomic E-state index is 11.8. The van der Waals surface area contributed by atoms with Crippen molar-refractivity contribution in [1.82, 2.24) is 4.90 Å². The predicted molar refractivity (Wildman–Crippen MR) is 70.0 cm³/mol. The summed E-state index contributed by atoms with van der Waals surface area (Å²) >= 11 is 1.33. The van der Waals surface area contributed by atoms with E-state index in [1.165, 1.54) is 18.9 Å². The van der Waals surface area contributed by atoms with Crippen LogP contribution in [0.1, 0.15) is 19.8 Å². The van der Waals surface area contributed by atoms with Crippen molar-refractivity contribution in [3.63, 3.8) is 0 Å². The number of hydrogen-bond acceptors (Lipinski definition) is 5. The molecule has 0 aliphatic heterocycles. The molecule has 104 valence electrons. The summed E-state index contributed by atoms with van der Waals surface area (Å²) in [4.78, 5) is 34.8. The van der Waals surface area contributed by atoms with E-state index in [9.17, 15) is 14.4 Å². The first-order valence-electron chi connectivity index (χ1n) is 5.71. The van der Waals surface area contributed by atoms with Gasteiger partial charge in [-0.1, -0.05) is 0 Å². The van der Waals surface area contributed by atoms with Crippen molar-refractivity contribution in [2.75, 3.05) is 31.7 Å². The molecule has 0 heterocycles. The molecule has 0 spiro atoms. The van der Waals surface area contributed by atoms with Crippen molar-refractivity contribution in [3.8, 4) is 0 Å². The Morgan fingerprint density at radius 1 is 1.28 bits per heavy atom. The standard InChI is InChI=1S/C11H20N2O4S/c1-3-13(6-4-11(16)17-2)10(15)5-7-18-8-9(12)14/h3-8H2,1-2H3,(H2,12,14). The lowest BCUT2D eigenvalue weighted by Crippen LogP contribution is -2.33. The van der Waals surface area contributed by atoms with E-state index in [0.717, 1.165) is 0 Å². The second kappa shape index (κ2) is 9.76. The molecule has 0 saturated carbocycles. The topological polar surface area (TPSA) is 89.7 Å². The Morgan fingerprint density at radius 2 is 1.94 bits per heavy atom. The molecule has 18 heavy (non-hydrogen) atoms. The van der Waals surface area contributed by atoms with Crippen LogP contribution in [0.4, 0.5) is 0 Å². The number of amides is 2. The van der Waals surface area contributed by atoms with Gasteiger partial charge in [-0.3, -0.25) is 14.4 Å². The van der Waals surface area contributed by atoms with E-state index < -0.39 is 0 Å². The average molecular weight is 276 g/mol. The molecule has 0 aliphatic carbocycles. The quantitative estimate of drug-likeness (QED) is 0.473. The Balaban J connectivity index is 3.88. The molecule has 0 bridgehead atoms. The molecule has 0 saturated heterocycles. The SMILES string of the molecule is CCN(CCC(=O)OC)C(=O)CCSCC(N)=O. The maximum atomic E-state index is 11.8. The van der Waals surface area contributed by atoms with Crippen LogP contribution in [0.15, 0.2) is 0 Å². The zero-order chi connectivity index (χ0) is 14.0. The third-order valence-corrected chi connectivity index (χ3v) is 3.23. The second-order valence-electron chi connectivity index (χ2n) is 3.57. The summed E-state index contributed by atoms with van der Waals surface area (Å²) in [6.45, 7) is 2.77. The minimum Gasteiger partial charge on any atom is -0.469 e. The molecule has 0 fully saturated rings. The zero-order valence-electron chi connectivity index (χ0n) is 10.8. The number of methoxy groups -OCH3 is 1. The van der Waals surface area contributed by atoms with Gasteiger partial charge in [0.15, 0.2) is 0 Å². The van der Waals surface area contributed by atoms with Crippen LogP contribution in [-0.2, 0) is 19.1 Å². The van der Waals surface area contributed by atoms with Crippen molar-refractivity contribution in [1.29, 1.82) is 0 Å². The molecular formula is C11H20N2O4S. The number of carbonyl (C=O) groups excluding carboxylic acids is 3. The van der Waals surface area contributed by atoms with Gasteiger partial charge in [-0.25, -0.2) is 0 Å². The first kappa shape index (κ1) is 16.8. The van der Waals surface area contributed by atoms with E-state index in [2.05, 4.69) is 4.74 Å². The number of carbonyl (C=O) groups is 3. The summed E-state index contributed by atoms with van der Waals surface area (Å²) in [6.07, 6.45) is 0.539. The first-order valence-corrected chi connectivity index (χ1v) is 6.87. The Bertz CT molecular complexity index is 297. The van der Waals surface area contributed by atoms with Crippen LogP contribution in [0.3, 0.4) is 0 Å². The van der Waals surface area contributed by atoms with Gasteiger partial charge >= 0.3 is 5.97 Å². The number of nitrogens with two attached hydrogens (primary N) is 1. The second-order valence-corrected chi connectivity index (χ2v) is 4.67. The molecule has 0 aliphatic rings. The van der Waals surface area contributed by atoms with Crippen LogP contribution in [0, 0.1) is 0 Å². The van der Waals surface area contributed by atoms with Gasteiger partial charge in [-0.2, -0.15) is 11.8 Å². The van der Waals surface area contributed by atoms with Crippen LogP contribution in [0.2, 0.25) is 0 Å². The van der Waals surface area contributed by atoms with Gasteiger partial charge in [-0.05, 0) is 6.92 Å². The lowest BCUT2D eigenvalue weighted by Gasteiger charge is -2.20. The van der Waals surface area contributed by atoms with E-state index >= 15 is 0 Å². The molecule has 0 atom stereocenters. The largest absolute Gasteiger partial charge is 0.469 e. The Kier molecular flexibility index (Phi) is 9.08. The van der Waals surface area contributed by atoms with Gasteiger partial charge in [0.25, 0.3) is 0 Å². The van der Waals surface area contributed by atoms with Gasteiger partial charge in [0, 0.05) is 25.3 Å². The van der Waals surface area contributed by atoms with Crippen molar-refractivity contribution >= 4 is 29.5 Å². The van der Waals surface area contributed by atoms with Gasteiger partial charge in [0.1, 0.15) is 0 Å². The Morgan fingerprint density at radius 3 is 2.44 bits per heavy atom. The van der Waals surface area contributed by atoms with Crippen molar-refractivity contribution in [2.24, 2.45) is 5.73 Å². The third-order valence-electron chi connectivity index (χ3n) is 2.25. The summed E-state index contributed by atoms with van der Waals surface area (Å²) in [5.74, 6) is 0.0335. The molecule has 0 aromatic heterocycles. The molecule has 0 aromatic carbocycles. The molecule has 2 amide bonds. The smallest absolute Gasteiger partial charge is 0.307 e. The summed E-state index contributed by atoms with van der Waals surface area (Å²) in [5, 5.41) is 0. The lowest BCUT2D eigenvalue weighted by molar-refractivity contribution is -0.141. The average Bonchev–Trinajstić information content (AvgIpc) is 2.34. The molecule has 6 nitrogen and oxygen atoms in total. The number of esters is 1. The van der Waals surface area contributed by atoms with Crippen molar-refractivity contribution in [3.05, 3.63) is 0 Å². The predicted octanol–water partition coefficient (Wildman–Crippen LogP) is 0.00660. The first-order chi connectivity index (χ1) is 8.51. The minimum atomic E-state index is -0.384. The van der Waals surface area contributed by atoms with E-state index in [-0.39, 0.29) is 30.0 Å². The summed E-state index contributed by atoms with van der Waals surface area (Å²) in [7, 11) is 1.32. The molecule has 2 N–H and O–H groups in total. The third kappa shape index (κ3) is 7.94. The fraction of sp³-hybridized carbons (Fsp3) is 0.727. The van der Waals surface area contributed by atoms with E-state index in [1.54, 1.807) is 4.90 Å². The number of ether oxygens (including phenoxy) is 1. The van der Waals surface area contributed by atoms with Crippen LogP contribution >= 0.6 is 11.8 Å². The number of primary amides is 1. The number of hydrogen-bond donors (Lipinski definition) is 1. The van der Waals surface area contributed by atoms with Gasteiger partial charge < -0.3 is 15.4 Å². The van der Waals surface area contributed by atoms with Gasteiger partial charge in [-0.15, -0.1) is 0 Å². The highest BCUT2D eigenvalue weighted by Crippen LogP contribution is 2.05. The van der Waals surface area contributed by atoms with E-state index in [4.69, 9.17) is 5.73 Å². The molecule has 0 unspecified atom stereocenters. The highest BCUT2D eigenvalue weighted by atomic mass is 32.2. The van der Waals surface area contributed by atoms with Crippen molar-refractivity contribution < 1.29 is 19.1 Å². The minimum absolute atomic E-state index is 0.0293. The lowest BCUT2D eigenvalue weighted by atomic mass is 10.3. The number of nitrogens with zero attached hydrogens (tertiary/aromatic N) is 1. The molecular weight excluding hydrogens is 256 g/mol. The Labute approximate surface area is 111 Å². The van der Waals surface area contributed by atoms with Gasteiger partial charge in [0.05, 0.1) is 19.3 Å². The maximum Gasteiger partial charge on any atom is 0.307 e. The summed E-state index contributed by atoms with van der Waals surface area (Å²) < 4.78 is 4.52. The molecule has 7 heteroatoms. The number of rotatable bonds is 9. The normalized spacial score (nSPS) is 9.89. The fourth-order valence-electron chi connectivity index (χ4n) is 1.28.